The summed E-state index contributed by atoms with van der Waals surface area (Å²) < 4.78 is 0. The molecule has 1 saturated heterocycles. The number of nitro groups is 1. The molecule has 0 bridgehead atoms. The van der Waals surface area contributed by atoms with E-state index < -0.39 is 4.92 Å². The summed E-state index contributed by atoms with van der Waals surface area (Å²) in [6.45, 7) is 1.77. The van der Waals surface area contributed by atoms with Gasteiger partial charge in [-0.2, -0.15) is 0 Å². The summed E-state index contributed by atoms with van der Waals surface area (Å²) in [4.78, 5) is 24.4. The van der Waals surface area contributed by atoms with E-state index in [2.05, 4.69) is 10.6 Å². The van der Waals surface area contributed by atoms with Crippen LogP contribution in [0.2, 0.25) is 0 Å². The lowest BCUT2D eigenvalue weighted by Gasteiger charge is -2.33. The Hall–Kier alpha value is -2.15. The minimum Gasteiger partial charge on any atom is -0.365 e. The Kier molecular flexibility index (Phi) is 4.74. The van der Waals surface area contributed by atoms with Gasteiger partial charge in [-0.15, -0.1) is 0 Å². The molecule has 7 nitrogen and oxygen atoms in total. The number of anilines is 1. The standard InChI is InChI=1S/C14H20N4O3/c1-15-14(19)10-5-6-12(18(20)21)13(8-10)17(2)11-4-3-7-16-9-11/h5-6,8,11,16H,3-4,7,9H2,1-2H3,(H,15,19). The first kappa shape index (κ1) is 15.2. The van der Waals surface area contributed by atoms with Crippen molar-refractivity contribution in [3.8, 4) is 0 Å². The van der Waals surface area contributed by atoms with Crippen molar-refractivity contribution >= 4 is 17.3 Å². The Morgan fingerprint density at radius 3 is 2.86 bits per heavy atom. The lowest BCUT2D eigenvalue weighted by atomic mass is 10.0. The van der Waals surface area contributed by atoms with E-state index in [1.54, 1.807) is 6.07 Å². The summed E-state index contributed by atoms with van der Waals surface area (Å²) in [6, 6.07) is 4.66. The van der Waals surface area contributed by atoms with Crippen LogP contribution in [0.3, 0.4) is 0 Å². The Labute approximate surface area is 123 Å². The molecule has 1 heterocycles. The highest BCUT2D eigenvalue weighted by Gasteiger charge is 2.25. The number of rotatable bonds is 4. The average Bonchev–Trinajstić information content (AvgIpc) is 2.53. The van der Waals surface area contributed by atoms with Crippen molar-refractivity contribution < 1.29 is 9.72 Å². The van der Waals surface area contributed by atoms with Crippen molar-refractivity contribution in [3.63, 3.8) is 0 Å². The smallest absolute Gasteiger partial charge is 0.292 e. The highest BCUT2D eigenvalue weighted by atomic mass is 16.6. The van der Waals surface area contributed by atoms with Crippen molar-refractivity contribution in [1.82, 2.24) is 10.6 Å². The number of likely N-dealkylation sites (N-methyl/N-ethyl adjacent to an activating group) is 1. The average molecular weight is 292 g/mol. The second kappa shape index (κ2) is 6.53. The molecule has 1 fully saturated rings. The van der Waals surface area contributed by atoms with E-state index in [1.807, 2.05) is 11.9 Å². The second-order valence-electron chi connectivity index (χ2n) is 5.15. The van der Waals surface area contributed by atoms with Gasteiger partial charge in [0.1, 0.15) is 5.69 Å². The SMILES string of the molecule is CNC(=O)c1ccc([N+](=O)[O-])c(N(C)C2CCCNC2)c1. The summed E-state index contributed by atoms with van der Waals surface area (Å²) in [6.07, 6.45) is 2.02. The molecule has 7 heteroatoms. The van der Waals surface area contributed by atoms with Crippen LogP contribution in [0.15, 0.2) is 18.2 Å². The maximum Gasteiger partial charge on any atom is 0.292 e. The third-order valence-electron chi connectivity index (χ3n) is 3.86. The van der Waals surface area contributed by atoms with Gasteiger partial charge < -0.3 is 15.5 Å². The highest BCUT2D eigenvalue weighted by Crippen LogP contribution is 2.31. The number of benzene rings is 1. The van der Waals surface area contributed by atoms with Crippen LogP contribution in [0.5, 0.6) is 0 Å². The molecule has 114 valence electrons. The molecule has 0 aromatic heterocycles. The molecule has 1 aromatic carbocycles. The number of nitro benzene ring substituents is 1. The largest absolute Gasteiger partial charge is 0.365 e. The first-order chi connectivity index (χ1) is 10.0. The zero-order chi connectivity index (χ0) is 15.4. The van der Waals surface area contributed by atoms with Crippen LogP contribution in [0, 0.1) is 10.1 Å². The monoisotopic (exact) mass is 292 g/mol. The van der Waals surface area contributed by atoms with Gasteiger partial charge in [0.15, 0.2) is 0 Å². The van der Waals surface area contributed by atoms with Gasteiger partial charge in [0, 0.05) is 38.3 Å². The number of carbonyl (C=O) groups excluding carboxylic acids is 1. The van der Waals surface area contributed by atoms with Crippen molar-refractivity contribution in [2.24, 2.45) is 0 Å². The third-order valence-corrected chi connectivity index (χ3v) is 3.86. The number of hydrogen-bond donors (Lipinski definition) is 2. The molecule has 1 aliphatic rings. The number of piperidine rings is 1. The minimum absolute atomic E-state index is 0.0238. The highest BCUT2D eigenvalue weighted by molar-refractivity contribution is 5.95. The van der Waals surface area contributed by atoms with Crippen molar-refractivity contribution in [2.45, 2.75) is 18.9 Å². The first-order valence-electron chi connectivity index (χ1n) is 6.98. The van der Waals surface area contributed by atoms with E-state index in [9.17, 15) is 14.9 Å². The fourth-order valence-corrected chi connectivity index (χ4v) is 2.61. The van der Waals surface area contributed by atoms with E-state index >= 15 is 0 Å². The molecule has 2 N–H and O–H groups in total. The maximum atomic E-state index is 11.7. The van der Waals surface area contributed by atoms with E-state index in [-0.39, 0.29) is 17.6 Å². The molecule has 1 aliphatic heterocycles. The second-order valence-corrected chi connectivity index (χ2v) is 5.15. The molecule has 1 unspecified atom stereocenters. The van der Waals surface area contributed by atoms with Gasteiger partial charge in [0.25, 0.3) is 11.6 Å². The number of nitrogens with zero attached hydrogens (tertiary/aromatic N) is 2. The molecule has 1 aromatic rings. The van der Waals surface area contributed by atoms with E-state index in [0.29, 0.717) is 11.3 Å². The summed E-state index contributed by atoms with van der Waals surface area (Å²) in [5.41, 5.74) is 0.930. The number of carbonyl (C=O) groups is 1. The lowest BCUT2D eigenvalue weighted by Crippen LogP contribution is -2.44. The van der Waals surface area contributed by atoms with Crippen molar-refractivity contribution in [3.05, 3.63) is 33.9 Å². The fraction of sp³-hybridized carbons (Fsp3) is 0.500. The Bertz CT molecular complexity index is 541. The van der Waals surface area contributed by atoms with Crippen LogP contribution in [-0.2, 0) is 0 Å². The minimum atomic E-state index is -0.407. The molecule has 21 heavy (non-hydrogen) atoms. The van der Waals surface area contributed by atoms with Crippen molar-refractivity contribution in [2.75, 3.05) is 32.1 Å². The molecule has 0 spiro atoms. The number of amides is 1. The van der Waals surface area contributed by atoms with E-state index in [1.165, 1.54) is 19.2 Å². The Morgan fingerprint density at radius 2 is 2.29 bits per heavy atom. The predicted molar refractivity (Wildman–Crippen MR) is 80.8 cm³/mol. The first-order valence-corrected chi connectivity index (χ1v) is 6.98. The molecule has 1 atom stereocenters. The summed E-state index contributed by atoms with van der Waals surface area (Å²) in [7, 11) is 3.38. The predicted octanol–water partition coefficient (Wildman–Crippen LogP) is 1.14. The summed E-state index contributed by atoms with van der Waals surface area (Å²) in [5, 5.41) is 17.1. The topological polar surface area (TPSA) is 87.5 Å². The van der Waals surface area contributed by atoms with E-state index in [4.69, 9.17) is 0 Å². The molecule has 2 rings (SSSR count). The van der Waals surface area contributed by atoms with Gasteiger partial charge in [0.05, 0.1) is 4.92 Å². The molecule has 0 saturated carbocycles. The lowest BCUT2D eigenvalue weighted by molar-refractivity contribution is -0.384. The maximum absolute atomic E-state index is 11.7. The van der Waals surface area contributed by atoms with Gasteiger partial charge in [-0.1, -0.05) is 0 Å². The number of nitrogens with one attached hydrogen (secondary N) is 2. The molecular formula is C14H20N4O3. The van der Waals surface area contributed by atoms with Crippen molar-refractivity contribution in [1.29, 1.82) is 0 Å². The van der Waals surface area contributed by atoms with Gasteiger partial charge in [-0.25, -0.2) is 0 Å². The van der Waals surface area contributed by atoms with Crippen LogP contribution in [0.25, 0.3) is 0 Å². The normalized spacial score (nSPS) is 18.1. The Morgan fingerprint density at radius 1 is 1.52 bits per heavy atom. The number of hydrogen-bond acceptors (Lipinski definition) is 5. The van der Waals surface area contributed by atoms with Gasteiger partial charge in [-0.05, 0) is 31.5 Å². The fourth-order valence-electron chi connectivity index (χ4n) is 2.61. The van der Waals surface area contributed by atoms with Crippen LogP contribution < -0.4 is 15.5 Å². The molecular weight excluding hydrogens is 272 g/mol. The zero-order valence-corrected chi connectivity index (χ0v) is 12.3. The zero-order valence-electron chi connectivity index (χ0n) is 12.3. The van der Waals surface area contributed by atoms with Crippen LogP contribution >= 0.6 is 0 Å². The molecule has 0 radical (unpaired) electrons. The van der Waals surface area contributed by atoms with Gasteiger partial charge in [0.2, 0.25) is 0 Å². The van der Waals surface area contributed by atoms with E-state index in [0.717, 1.165) is 25.9 Å². The third kappa shape index (κ3) is 3.30. The summed E-state index contributed by atoms with van der Waals surface area (Å²) in [5.74, 6) is -0.249. The molecule has 1 amide bonds. The Balaban J connectivity index is 2.37. The summed E-state index contributed by atoms with van der Waals surface area (Å²) >= 11 is 0. The van der Waals surface area contributed by atoms with Crippen LogP contribution in [0.1, 0.15) is 23.2 Å². The van der Waals surface area contributed by atoms with Crippen LogP contribution in [-0.4, -0.2) is 44.1 Å². The quantitative estimate of drug-likeness (QED) is 0.642. The molecule has 0 aliphatic carbocycles. The van der Waals surface area contributed by atoms with Gasteiger partial charge in [-0.3, -0.25) is 14.9 Å². The van der Waals surface area contributed by atoms with Gasteiger partial charge >= 0.3 is 0 Å². The van der Waals surface area contributed by atoms with Crippen LogP contribution in [0.4, 0.5) is 11.4 Å².